The zero-order chi connectivity index (χ0) is 23.1. The van der Waals surface area contributed by atoms with Gasteiger partial charge >= 0.3 is 5.97 Å². The Labute approximate surface area is 189 Å². The normalized spacial score (nSPS) is 19.8. The fourth-order valence-corrected chi connectivity index (χ4v) is 4.88. The summed E-state index contributed by atoms with van der Waals surface area (Å²) in [5.74, 6) is -3.23. The van der Waals surface area contributed by atoms with Crippen molar-refractivity contribution < 1.29 is 24.5 Å². The van der Waals surface area contributed by atoms with Crippen LogP contribution in [-0.4, -0.2) is 50.9 Å². The van der Waals surface area contributed by atoms with Crippen molar-refractivity contribution in [2.24, 2.45) is 0 Å². The van der Waals surface area contributed by atoms with E-state index in [9.17, 15) is 24.6 Å². The average Bonchev–Trinajstić information content (AvgIpc) is 2.84. The fourth-order valence-electron chi connectivity index (χ4n) is 4.88. The molecule has 1 amide bonds. The fraction of sp³-hybridized carbons (Fsp3) is 0.240. The molecule has 1 fully saturated rings. The van der Waals surface area contributed by atoms with Gasteiger partial charge in [-0.1, -0.05) is 60.7 Å². The second kappa shape index (κ2) is 8.22. The number of ether oxygens (including phenoxy) is 1. The monoisotopic (exact) mass is 446 g/mol. The van der Waals surface area contributed by atoms with Crippen LogP contribution in [0.15, 0.2) is 71.7 Å². The molecule has 0 aliphatic carbocycles. The summed E-state index contributed by atoms with van der Waals surface area (Å²) in [5, 5.41) is 20.3. The van der Waals surface area contributed by atoms with Crippen LogP contribution in [0.1, 0.15) is 50.4 Å². The largest absolute Gasteiger partial charge is 0.503 e. The number of aromatic nitrogens is 1. The molecule has 0 saturated carbocycles. The van der Waals surface area contributed by atoms with Crippen LogP contribution in [0.3, 0.4) is 0 Å². The predicted octanol–water partition coefficient (Wildman–Crippen LogP) is 2.83. The molecule has 2 atom stereocenters. The summed E-state index contributed by atoms with van der Waals surface area (Å²) in [4.78, 5) is 39.2. The molecule has 0 radical (unpaired) electrons. The smallest absolute Gasteiger partial charge is 0.341 e. The number of aromatic carboxylic acids is 1. The van der Waals surface area contributed by atoms with E-state index in [0.29, 0.717) is 19.6 Å². The zero-order valence-corrected chi connectivity index (χ0v) is 17.6. The number of carbonyl (C=O) groups excluding carboxylic acids is 1. The Morgan fingerprint density at radius 3 is 2.18 bits per heavy atom. The minimum atomic E-state index is -1.47. The molecule has 33 heavy (non-hydrogen) atoms. The number of aromatic hydroxyl groups is 1. The first-order valence-corrected chi connectivity index (χ1v) is 10.7. The summed E-state index contributed by atoms with van der Waals surface area (Å²) < 4.78 is 7.52. The van der Waals surface area contributed by atoms with Gasteiger partial charge in [-0.2, -0.15) is 0 Å². The van der Waals surface area contributed by atoms with Gasteiger partial charge < -0.3 is 24.4 Å². The topological polar surface area (TPSA) is 109 Å². The number of carbonyl (C=O) groups is 2. The maximum absolute atomic E-state index is 13.3. The molecule has 0 bridgehead atoms. The Hall–Kier alpha value is -3.91. The van der Waals surface area contributed by atoms with Crippen molar-refractivity contribution in [3.63, 3.8) is 0 Å². The number of carboxylic acid groups (broad SMARTS) is 1. The number of pyridine rings is 1. The van der Waals surface area contributed by atoms with Gasteiger partial charge in [0, 0.05) is 18.7 Å². The Morgan fingerprint density at radius 2 is 1.61 bits per heavy atom. The van der Waals surface area contributed by atoms with Crippen LogP contribution in [0.4, 0.5) is 0 Å². The third-order valence-electron chi connectivity index (χ3n) is 6.32. The first kappa shape index (κ1) is 21.0. The molecule has 2 N–H and O–H groups in total. The molecule has 1 saturated heterocycles. The van der Waals surface area contributed by atoms with E-state index in [1.54, 1.807) is 0 Å². The molecule has 168 valence electrons. The molecule has 1 unspecified atom stereocenters. The van der Waals surface area contributed by atoms with Crippen molar-refractivity contribution in [2.45, 2.75) is 24.6 Å². The van der Waals surface area contributed by atoms with E-state index in [1.807, 2.05) is 60.7 Å². The third kappa shape index (κ3) is 3.39. The molecule has 3 aromatic rings. The maximum Gasteiger partial charge on any atom is 0.341 e. The van der Waals surface area contributed by atoms with Crippen LogP contribution in [0.2, 0.25) is 0 Å². The number of hydrogen-bond donors (Lipinski definition) is 2. The molecule has 2 aliphatic heterocycles. The Morgan fingerprint density at radius 1 is 1.00 bits per heavy atom. The van der Waals surface area contributed by atoms with Gasteiger partial charge in [-0.3, -0.25) is 9.59 Å². The molecule has 1 aromatic heterocycles. The number of carboxylic acids is 1. The molecule has 2 aliphatic rings. The standard InChI is InChI=1S/C25H22N2O6/c28-21-17(25(31)32)14-27-19(24-26(12-7-13-33-24)23(30)20(27)22(21)29)18(15-8-3-1-4-9-15)16-10-5-2-6-11-16/h1-6,8-11,14,18-19,24,29H,7,12-13H2,(H,31,32)/t19?,24-/m0/s1. The highest BCUT2D eigenvalue weighted by atomic mass is 16.5. The Bertz CT molecular complexity index is 1230. The number of hydrogen-bond acceptors (Lipinski definition) is 5. The lowest BCUT2D eigenvalue weighted by Gasteiger charge is -2.48. The van der Waals surface area contributed by atoms with Gasteiger partial charge in [-0.05, 0) is 17.5 Å². The predicted molar refractivity (Wildman–Crippen MR) is 118 cm³/mol. The quantitative estimate of drug-likeness (QED) is 0.638. The van der Waals surface area contributed by atoms with E-state index < -0.39 is 40.9 Å². The van der Waals surface area contributed by atoms with E-state index in [0.717, 1.165) is 17.3 Å². The van der Waals surface area contributed by atoms with Crippen LogP contribution in [-0.2, 0) is 4.74 Å². The van der Waals surface area contributed by atoms with Crippen LogP contribution in [0, 0.1) is 0 Å². The van der Waals surface area contributed by atoms with Gasteiger partial charge in [0.1, 0.15) is 5.56 Å². The summed E-state index contributed by atoms with van der Waals surface area (Å²) in [6.45, 7) is 0.846. The second-order valence-corrected chi connectivity index (χ2v) is 8.18. The zero-order valence-electron chi connectivity index (χ0n) is 17.6. The number of amides is 1. The maximum atomic E-state index is 13.3. The highest BCUT2D eigenvalue weighted by Crippen LogP contribution is 2.44. The van der Waals surface area contributed by atoms with Gasteiger partial charge in [0.25, 0.3) is 5.91 Å². The van der Waals surface area contributed by atoms with Crippen LogP contribution >= 0.6 is 0 Å². The first-order chi connectivity index (χ1) is 16.0. The van der Waals surface area contributed by atoms with Crippen molar-refractivity contribution in [3.8, 4) is 5.75 Å². The van der Waals surface area contributed by atoms with E-state index in [1.165, 1.54) is 9.47 Å². The molecule has 8 nitrogen and oxygen atoms in total. The summed E-state index contributed by atoms with van der Waals surface area (Å²) >= 11 is 0. The highest BCUT2D eigenvalue weighted by molar-refractivity contribution is 5.98. The summed E-state index contributed by atoms with van der Waals surface area (Å²) in [5.41, 5.74) is -0.0311. The number of rotatable bonds is 4. The van der Waals surface area contributed by atoms with Gasteiger partial charge in [0.15, 0.2) is 17.7 Å². The van der Waals surface area contributed by atoms with Crippen molar-refractivity contribution in [1.29, 1.82) is 0 Å². The number of nitrogens with zero attached hydrogens (tertiary/aromatic N) is 2. The SMILES string of the molecule is O=C(O)c1cn2c(c(O)c1=O)C(=O)N1CCCO[C@H]1C2C(c1ccccc1)c1ccccc1. The molecular weight excluding hydrogens is 424 g/mol. The molecule has 5 rings (SSSR count). The molecular formula is C25H22N2O6. The summed E-state index contributed by atoms with van der Waals surface area (Å²) in [7, 11) is 0. The lowest BCUT2D eigenvalue weighted by Crippen LogP contribution is -2.57. The number of fused-ring (bicyclic) bond motifs is 2. The van der Waals surface area contributed by atoms with Crippen LogP contribution in [0.5, 0.6) is 5.75 Å². The van der Waals surface area contributed by atoms with E-state index in [4.69, 9.17) is 4.74 Å². The Balaban J connectivity index is 1.82. The van der Waals surface area contributed by atoms with Crippen molar-refractivity contribution in [1.82, 2.24) is 9.47 Å². The Kier molecular flexibility index (Phi) is 5.22. The van der Waals surface area contributed by atoms with Gasteiger partial charge in [-0.15, -0.1) is 0 Å². The third-order valence-corrected chi connectivity index (χ3v) is 6.32. The van der Waals surface area contributed by atoms with Crippen LogP contribution < -0.4 is 5.43 Å². The first-order valence-electron chi connectivity index (χ1n) is 10.7. The minimum absolute atomic E-state index is 0.214. The lowest BCUT2D eigenvalue weighted by molar-refractivity contribution is -0.114. The van der Waals surface area contributed by atoms with E-state index in [-0.39, 0.29) is 11.6 Å². The number of benzene rings is 2. The molecule has 0 spiro atoms. The average molecular weight is 446 g/mol. The van der Waals surface area contributed by atoms with Crippen molar-refractivity contribution in [3.05, 3.63) is 99.5 Å². The van der Waals surface area contributed by atoms with Crippen LogP contribution in [0.25, 0.3) is 0 Å². The summed E-state index contributed by atoms with van der Waals surface area (Å²) in [6.07, 6.45) is 1.08. The van der Waals surface area contributed by atoms with Crippen molar-refractivity contribution >= 4 is 11.9 Å². The highest BCUT2D eigenvalue weighted by Gasteiger charge is 2.47. The second-order valence-electron chi connectivity index (χ2n) is 8.18. The van der Waals surface area contributed by atoms with E-state index >= 15 is 0 Å². The van der Waals surface area contributed by atoms with Gasteiger partial charge in [-0.25, -0.2) is 4.79 Å². The van der Waals surface area contributed by atoms with E-state index in [2.05, 4.69) is 0 Å². The minimum Gasteiger partial charge on any atom is -0.503 e. The lowest BCUT2D eigenvalue weighted by atomic mass is 9.82. The summed E-state index contributed by atoms with van der Waals surface area (Å²) in [6, 6.07) is 18.7. The van der Waals surface area contributed by atoms with Gasteiger partial charge in [0.2, 0.25) is 5.43 Å². The molecule has 3 heterocycles. The van der Waals surface area contributed by atoms with Gasteiger partial charge in [0.05, 0.1) is 12.6 Å². The molecule has 2 aromatic carbocycles. The molecule has 8 heteroatoms. The van der Waals surface area contributed by atoms with Crippen molar-refractivity contribution in [2.75, 3.05) is 13.2 Å².